The molecule has 1 aliphatic rings. The van der Waals surface area contributed by atoms with Gasteiger partial charge in [-0.3, -0.25) is 9.59 Å². The van der Waals surface area contributed by atoms with Gasteiger partial charge in [-0.2, -0.15) is 0 Å². The monoisotopic (exact) mass is 344 g/mol. The number of hydrogen-bond donors (Lipinski definition) is 2. The highest BCUT2D eigenvalue weighted by Gasteiger charge is 2.37. The van der Waals surface area contributed by atoms with Crippen molar-refractivity contribution < 1.29 is 19.1 Å². The molecule has 110 valence electrons. The highest BCUT2D eigenvalue weighted by molar-refractivity contribution is 9.10. The summed E-state index contributed by atoms with van der Waals surface area (Å²) in [6, 6.07) is 1.59. The molecule has 1 saturated heterocycles. The zero-order valence-corrected chi connectivity index (χ0v) is 12.8. The maximum absolute atomic E-state index is 12.3. The Labute approximate surface area is 125 Å². The second kappa shape index (κ2) is 5.97. The molecule has 2 rings (SSSR count). The van der Waals surface area contributed by atoms with E-state index in [1.54, 1.807) is 11.0 Å². The van der Waals surface area contributed by atoms with Gasteiger partial charge in [-0.05, 0) is 28.8 Å². The predicted octanol–water partition coefficient (Wildman–Crippen LogP) is 1.15. The number of halogens is 1. The van der Waals surface area contributed by atoms with Gasteiger partial charge in [0.05, 0.1) is 24.1 Å². The molecule has 20 heavy (non-hydrogen) atoms. The number of rotatable bonds is 3. The Morgan fingerprint density at radius 2 is 2.35 bits per heavy atom. The van der Waals surface area contributed by atoms with Crippen molar-refractivity contribution in [3.05, 3.63) is 22.6 Å². The molecule has 1 fully saturated rings. The van der Waals surface area contributed by atoms with Crippen LogP contribution in [0, 0.1) is 0 Å². The second-order valence-corrected chi connectivity index (χ2v) is 5.83. The molecule has 1 atom stereocenters. The number of nitrogens with one attached hydrogen (secondary N) is 1. The van der Waals surface area contributed by atoms with Crippen LogP contribution in [0.1, 0.15) is 29.6 Å². The van der Waals surface area contributed by atoms with Crippen LogP contribution >= 0.6 is 15.9 Å². The lowest BCUT2D eigenvalue weighted by Crippen LogP contribution is -2.52. The third kappa shape index (κ3) is 3.40. The number of piperidine rings is 1. The van der Waals surface area contributed by atoms with Gasteiger partial charge in [-0.15, -0.1) is 0 Å². The van der Waals surface area contributed by atoms with Crippen LogP contribution in [0.15, 0.2) is 21.4 Å². The number of carbonyl (C=O) groups excluding carboxylic acids is 2. The lowest BCUT2D eigenvalue weighted by atomic mass is 9.89. The Balaban J connectivity index is 2.06. The average molecular weight is 345 g/mol. The molecule has 2 N–H and O–H groups in total. The van der Waals surface area contributed by atoms with Crippen molar-refractivity contribution in [2.45, 2.75) is 24.9 Å². The van der Waals surface area contributed by atoms with Gasteiger partial charge in [-0.1, -0.05) is 0 Å². The van der Waals surface area contributed by atoms with Crippen molar-refractivity contribution >= 4 is 27.7 Å². The summed E-state index contributed by atoms with van der Waals surface area (Å²) in [5.74, 6) is -0.428. The molecule has 0 aliphatic carbocycles. The van der Waals surface area contributed by atoms with Gasteiger partial charge >= 0.3 is 0 Å². The van der Waals surface area contributed by atoms with Gasteiger partial charge in [0.1, 0.15) is 6.26 Å². The number of hydrogen-bond acceptors (Lipinski definition) is 4. The molecule has 0 saturated carbocycles. The largest absolute Gasteiger partial charge is 0.457 e. The van der Waals surface area contributed by atoms with Gasteiger partial charge in [0.25, 0.3) is 5.91 Å². The van der Waals surface area contributed by atoms with Crippen LogP contribution in [0.2, 0.25) is 0 Å². The van der Waals surface area contributed by atoms with E-state index in [1.165, 1.54) is 13.3 Å². The topological polar surface area (TPSA) is 82.8 Å². The summed E-state index contributed by atoms with van der Waals surface area (Å²) in [5.41, 5.74) is -0.726. The van der Waals surface area contributed by atoms with Gasteiger partial charge in [0, 0.05) is 19.7 Å². The maximum Gasteiger partial charge on any atom is 0.257 e. The van der Waals surface area contributed by atoms with Gasteiger partial charge < -0.3 is 19.7 Å². The van der Waals surface area contributed by atoms with Crippen molar-refractivity contribution in [1.29, 1.82) is 0 Å². The summed E-state index contributed by atoms with van der Waals surface area (Å²) >= 11 is 3.15. The molecule has 1 aromatic rings. The van der Waals surface area contributed by atoms with E-state index in [0.717, 1.165) is 0 Å². The fourth-order valence-corrected chi connectivity index (χ4v) is 2.76. The number of amides is 2. The molecule has 0 spiro atoms. The molecule has 0 aromatic carbocycles. The Morgan fingerprint density at radius 1 is 1.60 bits per heavy atom. The molecule has 6 nitrogen and oxygen atoms in total. The molecule has 1 aliphatic heterocycles. The number of carbonyl (C=O) groups is 2. The van der Waals surface area contributed by atoms with Crippen molar-refractivity contribution in [1.82, 2.24) is 10.2 Å². The first-order chi connectivity index (χ1) is 9.43. The highest BCUT2D eigenvalue weighted by atomic mass is 79.9. The van der Waals surface area contributed by atoms with E-state index in [-0.39, 0.29) is 24.8 Å². The Bertz CT molecular complexity index is 516. The van der Waals surface area contributed by atoms with E-state index in [4.69, 9.17) is 4.42 Å². The summed E-state index contributed by atoms with van der Waals surface area (Å²) in [7, 11) is 1.53. The molecule has 0 radical (unpaired) electrons. The molecule has 7 heteroatoms. The molecule has 0 bridgehead atoms. The minimum atomic E-state index is -1.16. The standard InChI is InChI=1S/C13H17BrN2O4/c1-15-11(17)6-13(19)3-2-4-16(8-13)12(18)9-5-10(14)20-7-9/h5,7,19H,2-4,6,8H2,1H3,(H,15,17). The average Bonchev–Trinajstić information content (AvgIpc) is 2.84. The van der Waals surface area contributed by atoms with E-state index < -0.39 is 5.60 Å². The first-order valence-electron chi connectivity index (χ1n) is 6.40. The van der Waals surface area contributed by atoms with Crippen LogP contribution < -0.4 is 5.32 Å². The third-order valence-electron chi connectivity index (χ3n) is 3.43. The van der Waals surface area contributed by atoms with E-state index in [2.05, 4.69) is 21.2 Å². The van der Waals surface area contributed by atoms with Crippen molar-refractivity contribution in [3.8, 4) is 0 Å². The fraction of sp³-hybridized carbons (Fsp3) is 0.538. The lowest BCUT2D eigenvalue weighted by Gasteiger charge is -2.38. The summed E-state index contributed by atoms with van der Waals surface area (Å²) in [4.78, 5) is 25.3. The SMILES string of the molecule is CNC(=O)CC1(O)CCCN(C(=O)c2coc(Br)c2)C1. The number of β-amino-alcohol motifs (C(OH)–C–C–N with tert-alkyl or cyclic N) is 1. The number of furan rings is 1. The van der Waals surface area contributed by atoms with Crippen LogP contribution in [0.5, 0.6) is 0 Å². The van der Waals surface area contributed by atoms with Crippen molar-refractivity contribution in [3.63, 3.8) is 0 Å². The van der Waals surface area contributed by atoms with E-state index in [1.807, 2.05) is 0 Å². The zero-order valence-electron chi connectivity index (χ0n) is 11.2. The first-order valence-corrected chi connectivity index (χ1v) is 7.19. The number of likely N-dealkylation sites (tertiary alicyclic amines) is 1. The smallest absolute Gasteiger partial charge is 0.257 e. The van der Waals surface area contributed by atoms with Crippen LogP contribution in [-0.2, 0) is 4.79 Å². The normalized spacial score (nSPS) is 22.6. The van der Waals surface area contributed by atoms with Gasteiger partial charge in [0.15, 0.2) is 4.67 Å². The van der Waals surface area contributed by atoms with E-state index in [9.17, 15) is 14.7 Å². The van der Waals surface area contributed by atoms with E-state index >= 15 is 0 Å². The first kappa shape index (κ1) is 15.1. The minimum absolute atomic E-state index is 0.00234. The summed E-state index contributed by atoms with van der Waals surface area (Å²) < 4.78 is 5.54. The number of nitrogens with zero attached hydrogens (tertiary/aromatic N) is 1. The van der Waals surface area contributed by atoms with Crippen LogP contribution in [0.25, 0.3) is 0 Å². The third-order valence-corrected chi connectivity index (χ3v) is 3.84. The summed E-state index contributed by atoms with van der Waals surface area (Å²) in [5, 5.41) is 12.9. The molecule has 2 amide bonds. The Kier molecular flexibility index (Phi) is 4.49. The molecule has 1 aromatic heterocycles. The second-order valence-electron chi connectivity index (χ2n) is 5.04. The maximum atomic E-state index is 12.3. The minimum Gasteiger partial charge on any atom is -0.457 e. The quantitative estimate of drug-likeness (QED) is 0.861. The summed E-state index contributed by atoms with van der Waals surface area (Å²) in [6.07, 6.45) is 2.55. The zero-order chi connectivity index (χ0) is 14.8. The van der Waals surface area contributed by atoms with Crippen molar-refractivity contribution in [2.75, 3.05) is 20.1 Å². The highest BCUT2D eigenvalue weighted by Crippen LogP contribution is 2.26. The Hall–Kier alpha value is -1.34. The van der Waals surface area contributed by atoms with E-state index in [0.29, 0.717) is 29.6 Å². The van der Waals surface area contributed by atoms with Crippen molar-refractivity contribution in [2.24, 2.45) is 0 Å². The van der Waals surface area contributed by atoms with Gasteiger partial charge in [-0.25, -0.2) is 0 Å². The fourth-order valence-electron chi connectivity index (χ4n) is 2.42. The molecule has 1 unspecified atom stereocenters. The molecular weight excluding hydrogens is 328 g/mol. The van der Waals surface area contributed by atoms with Gasteiger partial charge in [0.2, 0.25) is 5.91 Å². The summed E-state index contributed by atoms with van der Waals surface area (Å²) in [6.45, 7) is 0.722. The number of aliphatic hydroxyl groups is 1. The Morgan fingerprint density at radius 3 is 2.95 bits per heavy atom. The lowest BCUT2D eigenvalue weighted by molar-refractivity contribution is -0.127. The van der Waals surface area contributed by atoms with Crippen LogP contribution in [0.4, 0.5) is 0 Å². The van der Waals surface area contributed by atoms with Crippen LogP contribution in [0.3, 0.4) is 0 Å². The predicted molar refractivity (Wildman–Crippen MR) is 75.2 cm³/mol. The molecule has 2 heterocycles. The molecular formula is C13H17BrN2O4. The van der Waals surface area contributed by atoms with Crippen LogP contribution in [-0.4, -0.2) is 47.6 Å².